The second-order valence-corrected chi connectivity index (χ2v) is 6.88. The summed E-state index contributed by atoms with van der Waals surface area (Å²) in [5.74, 6) is 0. The van der Waals surface area contributed by atoms with Crippen molar-refractivity contribution < 1.29 is 14.3 Å². The molecule has 0 radical (unpaired) electrons. The first-order valence-corrected chi connectivity index (χ1v) is 9.19. The predicted molar refractivity (Wildman–Crippen MR) is 98.0 cm³/mol. The molecule has 0 aromatic heterocycles. The number of ether oxygens (including phenoxy) is 2. The van der Waals surface area contributed by atoms with Crippen LogP contribution in [0.1, 0.15) is 31.4 Å². The van der Waals surface area contributed by atoms with Gasteiger partial charge in [-0.15, -0.1) is 0 Å². The molecule has 2 fully saturated rings. The molecule has 2 atom stereocenters. The average molecular weight is 347 g/mol. The Hall–Kier alpha value is -1.79. The fraction of sp³-hybridized carbons (Fsp3) is 0.632. The molecule has 2 aliphatic rings. The normalized spacial score (nSPS) is 21.8. The molecule has 25 heavy (non-hydrogen) atoms. The van der Waals surface area contributed by atoms with E-state index < -0.39 is 0 Å². The summed E-state index contributed by atoms with van der Waals surface area (Å²) in [7, 11) is 1.82. The summed E-state index contributed by atoms with van der Waals surface area (Å²) >= 11 is 0. The number of nitrogens with zero attached hydrogens (tertiary/aromatic N) is 2. The van der Waals surface area contributed by atoms with E-state index in [1.807, 2.05) is 14.0 Å². The van der Waals surface area contributed by atoms with Crippen LogP contribution in [0.15, 0.2) is 24.3 Å². The van der Waals surface area contributed by atoms with Gasteiger partial charge < -0.3 is 24.6 Å². The molecule has 1 aromatic carbocycles. The fourth-order valence-electron chi connectivity index (χ4n) is 3.35. The molecule has 1 aromatic rings. The molecule has 0 unspecified atom stereocenters. The number of hydrogen-bond donors (Lipinski definition) is 1. The third-order valence-electron chi connectivity index (χ3n) is 4.96. The van der Waals surface area contributed by atoms with Gasteiger partial charge in [0.1, 0.15) is 0 Å². The molecule has 0 aliphatic carbocycles. The molecule has 1 N–H and O–H groups in total. The summed E-state index contributed by atoms with van der Waals surface area (Å²) in [4.78, 5) is 16.4. The number of nitrogens with one attached hydrogen (secondary N) is 1. The lowest BCUT2D eigenvalue weighted by Gasteiger charge is -2.29. The molecule has 2 amide bonds. The first kappa shape index (κ1) is 18.0. The monoisotopic (exact) mass is 347 g/mol. The van der Waals surface area contributed by atoms with Gasteiger partial charge in [0.05, 0.1) is 25.4 Å². The Morgan fingerprint density at radius 1 is 1.28 bits per heavy atom. The van der Waals surface area contributed by atoms with Crippen LogP contribution in [-0.2, 0) is 9.47 Å². The molecule has 0 spiro atoms. The fourth-order valence-corrected chi connectivity index (χ4v) is 3.35. The zero-order valence-corrected chi connectivity index (χ0v) is 15.2. The van der Waals surface area contributed by atoms with Crippen LogP contribution in [0.2, 0.25) is 0 Å². The Morgan fingerprint density at radius 2 is 2.00 bits per heavy atom. The highest BCUT2D eigenvalue weighted by molar-refractivity contribution is 5.74. The summed E-state index contributed by atoms with van der Waals surface area (Å²) < 4.78 is 11.0. The quantitative estimate of drug-likeness (QED) is 0.889. The third-order valence-corrected chi connectivity index (χ3v) is 4.96. The minimum Gasteiger partial charge on any atom is -0.378 e. The maximum atomic E-state index is 12.4. The van der Waals surface area contributed by atoms with Gasteiger partial charge in [0.15, 0.2) is 0 Å². The summed E-state index contributed by atoms with van der Waals surface area (Å²) in [6.45, 7) is 6.90. The largest absolute Gasteiger partial charge is 0.378 e. The zero-order chi connectivity index (χ0) is 17.6. The molecule has 6 nitrogen and oxygen atoms in total. The van der Waals surface area contributed by atoms with Crippen molar-refractivity contribution in [2.24, 2.45) is 0 Å². The van der Waals surface area contributed by atoms with Gasteiger partial charge in [-0.05, 0) is 37.5 Å². The van der Waals surface area contributed by atoms with Gasteiger partial charge in [-0.3, -0.25) is 0 Å². The molecule has 2 aliphatic heterocycles. The molecule has 3 rings (SSSR count). The number of rotatable bonds is 5. The van der Waals surface area contributed by atoms with Crippen molar-refractivity contribution in [1.29, 1.82) is 0 Å². The third kappa shape index (κ3) is 4.86. The van der Waals surface area contributed by atoms with Crippen molar-refractivity contribution in [2.45, 2.75) is 31.9 Å². The lowest BCUT2D eigenvalue weighted by atomic mass is 10.1. The van der Waals surface area contributed by atoms with Gasteiger partial charge >= 0.3 is 6.03 Å². The highest BCUT2D eigenvalue weighted by Crippen LogP contribution is 2.20. The number of carbonyl (C=O) groups excluding carboxylic acids is 1. The number of anilines is 1. The lowest BCUT2D eigenvalue weighted by molar-refractivity contribution is 0.0871. The van der Waals surface area contributed by atoms with E-state index in [0.29, 0.717) is 6.54 Å². The van der Waals surface area contributed by atoms with Crippen molar-refractivity contribution >= 4 is 11.7 Å². The molecule has 138 valence electrons. The number of likely N-dealkylation sites (N-methyl/N-ethyl adjacent to an activating group) is 1. The van der Waals surface area contributed by atoms with E-state index in [-0.39, 0.29) is 18.2 Å². The van der Waals surface area contributed by atoms with Crippen molar-refractivity contribution in [3.8, 4) is 0 Å². The summed E-state index contributed by atoms with van der Waals surface area (Å²) in [5.41, 5.74) is 2.32. The summed E-state index contributed by atoms with van der Waals surface area (Å²) in [6.07, 6.45) is 2.31. The van der Waals surface area contributed by atoms with Crippen molar-refractivity contribution in [1.82, 2.24) is 10.2 Å². The van der Waals surface area contributed by atoms with Crippen LogP contribution in [0.25, 0.3) is 0 Å². The Kier molecular flexibility index (Phi) is 6.15. The van der Waals surface area contributed by atoms with E-state index in [9.17, 15) is 4.79 Å². The maximum Gasteiger partial charge on any atom is 0.317 e. The van der Waals surface area contributed by atoms with Gasteiger partial charge in [-0.1, -0.05) is 12.1 Å². The van der Waals surface area contributed by atoms with E-state index >= 15 is 0 Å². The number of urea groups is 1. The molecule has 6 heteroatoms. The molecule has 0 saturated carbocycles. The standard InChI is InChI=1S/C19H29N3O3/c1-15(20-19(23)21(2)14-18-4-3-11-25-18)16-5-7-17(8-6-16)22-9-12-24-13-10-22/h5-8,15,18H,3-4,9-14H2,1-2H3,(H,20,23)/t15-,18-/m0/s1. The molecule has 2 heterocycles. The Labute approximate surface area is 150 Å². The zero-order valence-electron chi connectivity index (χ0n) is 15.2. The highest BCUT2D eigenvalue weighted by atomic mass is 16.5. The lowest BCUT2D eigenvalue weighted by Crippen LogP contribution is -2.42. The minimum atomic E-state index is -0.0553. The molecule has 0 bridgehead atoms. The number of benzene rings is 1. The predicted octanol–water partition coefficient (Wildman–Crippen LogP) is 2.40. The van der Waals surface area contributed by atoms with Crippen LogP contribution >= 0.6 is 0 Å². The van der Waals surface area contributed by atoms with Crippen LogP contribution < -0.4 is 10.2 Å². The smallest absolute Gasteiger partial charge is 0.317 e. The van der Waals surface area contributed by atoms with Gasteiger partial charge in [0.25, 0.3) is 0 Å². The second-order valence-electron chi connectivity index (χ2n) is 6.88. The molecular formula is C19H29N3O3. The summed E-state index contributed by atoms with van der Waals surface area (Å²) in [6, 6.07) is 8.35. The van der Waals surface area contributed by atoms with Crippen molar-refractivity contribution in [2.75, 3.05) is 51.4 Å². The second kappa shape index (κ2) is 8.54. The Bertz CT molecular complexity index is 552. The summed E-state index contributed by atoms with van der Waals surface area (Å²) in [5, 5.41) is 3.07. The molecular weight excluding hydrogens is 318 g/mol. The minimum absolute atomic E-state index is 0.0295. The van der Waals surface area contributed by atoms with E-state index in [2.05, 4.69) is 34.5 Å². The topological polar surface area (TPSA) is 54.0 Å². The number of morpholine rings is 1. The van der Waals surface area contributed by atoms with Gasteiger partial charge in [-0.2, -0.15) is 0 Å². The van der Waals surface area contributed by atoms with Crippen LogP contribution in [-0.4, -0.2) is 63.5 Å². The Morgan fingerprint density at radius 3 is 2.64 bits per heavy atom. The first-order chi connectivity index (χ1) is 12.1. The van der Waals surface area contributed by atoms with Gasteiger partial charge in [-0.25, -0.2) is 4.79 Å². The van der Waals surface area contributed by atoms with Crippen LogP contribution in [0.5, 0.6) is 0 Å². The maximum absolute atomic E-state index is 12.4. The van der Waals surface area contributed by atoms with Crippen LogP contribution in [0, 0.1) is 0 Å². The van der Waals surface area contributed by atoms with Gasteiger partial charge in [0, 0.05) is 39.0 Å². The van der Waals surface area contributed by atoms with E-state index in [0.717, 1.165) is 51.3 Å². The molecule has 2 saturated heterocycles. The SMILES string of the molecule is C[C@H](NC(=O)N(C)C[C@@H]1CCCO1)c1ccc(N2CCOCC2)cc1. The average Bonchev–Trinajstić information content (AvgIpc) is 3.15. The van der Waals surface area contributed by atoms with E-state index in [1.54, 1.807) is 4.90 Å². The Balaban J connectivity index is 1.51. The highest BCUT2D eigenvalue weighted by Gasteiger charge is 2.21. The van der Waals surface area contributed by atoms with Gasteiger partial charge in [0.2, 0.25) is 0 Å². The first-order valence-electron chi connectivity index (χ1n) is 9.19. The van der Waals surface area contributed by atoms with Crippen molar-refractivity contribution in [3.05, 3.63) is 29.8 Å². The van der Waals surface area contributed by atoms with E-state index in [4.69, 9.17) is 9.47 Å². The number of hydrogen-bond acceptors (Lipinski definition) is 4. The number of amides is 2. The van der Waals surface area contributed by atoms with Crippen molar-refractivity contribution in [3.63, 3.8) is 0 Å². The van der Waals surface area contributed by atoms with E-state index in [1.165, 1.54) is 5.69 Å². The van der Waals surface area contributed by atoms with Crippen LogP contribution in [0.3, 0.4) is 0 Å². The van der Waals surface area contributed by atoms with Crippen LogP contribution in [0.4, 0.5) is 10.5 Å². The number of carbonyl (C=O) groups is 1.